The highest BCUT2D eigenvalue weighted by Gasteiger charge is 2.17. The van der Waals surface area contributed by atoms with Gasteiger partial charge in [0.05, 0.1) is 31.3 Å². The number of likely N-dealkylation sites (tertiary alicyclic amines) is 1. The van der Waals surface area contributed by atoms with Gasteiger partial charge in [-0.2, -0.15) is 0 Å². The molecule has 1 unspecified atom stereocenters. The van der Waals surface area contributed by atoms with Gasteiger partial charge in [-0.15, -0.1) is 23.5 Å². The van der Waals surface area contributed by atoms with Gasteiger partial charge in [0, 0.05) is 31.1 Å². The van der Waals surface area contributed by atoms with Crippen molar-refractivity contribution in [3.8, 4) is 0 Å². The number of rotatable bonds is 53. The Balaban J connectivity index is 2.11. The van der Waals surface area contributed by atoms with E-state index in [2.05, 4.69) is 67.4 Å². The lowest BCUT2D eigenvalue weighted by Gasteiger charge is -2.19. The Morgan fingerprint density at radius 1 is 0.521 bits per heavy atom. The monoisotopic (exact) mass is 1040 g/mol. The molecule has 0 aromatic rings. The molecule has 0 spiro atoms. The van der Waals surface area contributed by atoms with Gasteiger partial charge in [-0.25, -0.2) is 0 Å². The number of unbranched alkanes of at least 4 members (excludes halogenated alkanes) is 18. The molecule has 1 aliphatic heterocycles. The van der Waals surface area contributed by atoms with Crippen LogP contribution in [0.3, 0.4) is 0 Å². The summed E-state index contributed by atoms with van der Waals surface area (Å²) in [6, 6.07) is 0. The first kappa shape index (κ1) is 66.9. The van der Waals surface area contributed by atoms with E-state index in [9.17, 15) is 19.5 Å². The molecule has 71 heavy (non-hydrogen) atoms. The van der Waals surface area contributed by atoms with E-state index < -0.39 is 6.29 Å². The van der Waals surface area contributed by atoms with Crippen molar-refractivity contribution >= 4 is 41.4 Å². The van der Waals surface area contributed by atoms with Gasteiger partial charge >= 0.3 is 17.9 Å². The molecule has 0 aliphatic carbocycles. The molecule has 1 fully saturated rings. The third-order valence-electron chi connectivity index (χ3n) is 12.4. The standard InChI is InChI=1S/C59H105NO9S2/c1-3-5-7-9-11-13-15-17-19-21-23-25-27-29-31-35-47-66-57(62)52-70-51-50-65-46-38-40-55(69-56(61)42-37-45-60-43-33-34-44-60)41-39-49-68-59(64)54-71-53-58(63)67-48-36-32-30-28-26-24-22-20-18-16-14-12-10-8-6-4-2/h11-14,17-20,55,59,64H,3-10,15-16,21-54H2,1-2H3/b13-11-,14-12-,19-17-,20-18-/t55?,59-/m1/s1. The number of ether oxygens (including phenoxy) is 5. The number of aliphatic hydroxyl groups excluding tert-OH is 1. The smallest absolute Gasteiger partial charge is 0.315 e. The predicted molar refractivity (Wildman–Crippen MR) is 301 cm³/mol. The van der Waals surface area contributed by atoms with E-state index in [0.717, 1.165) is 90.3 Å². The molecule has 2 atom stereocenters. The molecule has 412 valence electrons. The van der Waals surface area contributed by atoms with Crippen LogP contribution in [0, 0.1) is 0 Å². The maximum absolute atomic E-state index is 12.8. The topological polar surface area (TPSA) is 121 Å². The highest BCUT2D eigenvalue weighted by atomic mass is 32.2. The number of hydrogen-bond acceptors (Lipinski definition) is 12. The summed E-state index contributed by atoms with van der Waals surface area (Å²) in [6.45, 7) is 10.0. The molecule has 1 N–H and O–H groups in total. The normalized spacial score (nSPS) is 14.2. The third kappa shape index (κ3) is 49.9. The second-order valence-electron chi connectivity index (χ2n) is 19.2. The summed E-state index contributed by atoms with van der Waals surface area (Å²) in [5, 5.41) is 10.4. The molecule has 0 aromatic carbocycles. The molecular formula is C59H105NO9S2. The van der Waals surface area contributed by atoms with Gasteiger partial charge in [0.15, 0.2) is 6.29 Å². The molecule has 1 aliphatic rings. The first-order chi connectivity index (χ1) is 34.9. The van der Waals surface area contributed by atoms with E-state index in [1.54, 1.807) is 0 Å². The zero-order chi connectivity index (χ0) is 51.2. The summed E-state index contributed by atoms with van der Waals surface area (Å²) >= 11 is 2.84. The molecule has 10 nitrogen and oxygen atoms in total. The zero-order valence-corrected chi connectivity index (χ0v) is 47.0. The second kappa shape index (κ2) is 54.2. The van der Waals surface area contributed by atoms with Gasteiger partial charge in [0.2, 0.25) is 0 Å². The molecule has 0 saturated carbocycles. The number of esters is 3. The van der Waals surface area contributed by atoms with Gasteiger partial charge in [-0.05, 0) is 142 Å². The van der Waals surface area contributed by atoms with Crippen molar-refractivity contribution in [2.75, 3.05) is 75.7 Å². The molecule has 1 rings (SSSR count). The average molecular weight is 1040 g/mol. The number of carbonyl (C=O) groups is 3. The van der Waals surface area contributed by atoms with Gasteiger partial charge in [-0.3, -0.25) is 14.4 Å². The summed E-state index contributed by atoms with van der Waals surface area (Å²) in [5.74, 6) is 0.927. The maximum atomic E-state index is 12.8. The predicted octanol–water partition coefficient (Wildman–Crippen LogP) is 14.9. The van der Waals surface area contributed by atoms with Crippen LogP contribution < -0.4 is 0 Å². The van der Waals surface area contributed by atoms with Crippen molar-refractivity contribution in [3.63, 3.8) is 0 Å². The van der Waals surface area contributed by atoms with Crippen LogP contribution in [0.2, 0.25) is 0 Å². The Kier molecular flexibility index (Phi) is 51.1. The van der Waals surface area contributed by atoms with Gasteiger partial charge in [0.25, 0.3) is 0 Å². The fourth-order valence-electron chi connectivity index (χ4n) is 8.21. The summed E-state index contributed by atoms with van der Waals surface area (Å²) in [7, 11) is 0. The van der Waals surface area contributed by atoms with Crippen LogP contribution in [0.25, 0.3) is 0 Å². The van der Waals surface area contributed by atoms with Crippen molar-refractivity contribution in [2.24, 2.45) is 0 Å². The summed E-state index contributed by atoms with van der Waals surface area (Å²) in [6.07, 6.45) is 51.8. The number of aliphatic hydroxyl groups is 1. The Morgan fingerprint density at radius 3 is 1.54 bits per heavy atom. The van der Waals surface area contributed by atoms with Gasteiger partial charge in [0.1, 0.15) is 6.10 Å². The Morgan fingerprint density at radius 2 is 1.00 bits per heavy atom. The van der Waals surface area contributed by atoms with Crippen LogP contribution in [0.5, 0.6) is 0 Å². The lowest BCUT2D eigenvalue weighted by Crippen LogP contribution is -2.23. The van der Waals surface area contributed by atoms with Crippen LogP contribution in [-0.4, -0.2) is 116 Å². The lowest BCUT2D eigenvalue weighted by molar-refractivity contribution is -0.150. The van der Waals surface area contributed by atoms with Gasteiger partial charge in [-0.1, -0.05) is 140 Å². The van der Waals surface area contributed by atoms with Crippen molar-refractivity contribution in [1.29, 1.82) is 0 Å². The van der Waals surface area contributed by atoms with Crippen LogP contribution in [0.15, 0.2) is 48.6 Å². The average Bonchev–Trinajstić information content (AvgIpc) is 3.89. The second-order valence-corrected chi connectivity index (χ2v) is 21.3. The minimum absolute atomic E-state index is 0.161. The molecule has 0 amide bonds. The molecule has 0 bridgehead atoms. The van der Waals surface area contributed by atoms with E-state index in [1.807, 2.05) is 0 Å². The minimum Gasteiger partial charge on any atom is -0.465 e. The SMILES string of the molecule is CCCCC/C=C\C/C=C\CCCCCCCCOC(=O)CSCCOCCCC(CCCO[C@@H](O)CSCC(=O)OCCCCCCCC/C=C\C/C=C\CCCCC)OC(=O)CCCN1CCCC1. The first-order valence-electron chi connectivity index (χ1n) is 28.8. The highest BCUT2D eigenvalue weighted by molar-refractivity contribution is 8.00. The maximum Gasteiger partial charge on any atom is 0.315 e. The molecule has 0 radical (unpaired) electrons. The number of nitrogens with zero attached hydrogens (tertiary/aromatic N) is 1. The van der Waals surface area contributed by atoms with Crippen molar-refractivity contribution in [2.45, 2.75) is 232 Å². The minimum atomic E-state index is -0.985. The van der Waals surface area contributed by atoms with Crippen molar-refractivity contribution < 1.29 is 43.2 Å². The summed E-state index contributed by atoms with van der Waals surface area (Å²) in [5.41, 5.74) is 0. The Hall–Kier alpha value is -2.09. The van der Waals surface area contributed by atoms with Crippen molar-refractivity contribution in [3.05, 3.63) is 48.6 Å². The number of hydrogen-bond donors (Lipinski definition) is 1. The largest absolute Gasteiger partial charge is 0.465 e. The van der Waals surface area contributed by atoms with E-state index in [-0.39, 0.29) is 35.5 Å². The lowest BCUT2D eigenvalue weighted by atomic mass is 10.1. The van der Waals surface area contributed by atoms with Crippen LogP contribution in [0.1, 0.15) is 219 Å². The number of thioether (sulfide) groups is 2. The highest BCUT2D eigenvalue weighted by Crippen LogP contribution is 2.16. The van der Waals surface area contributed by atoms with Crippen LogP contribution in [-0.2, 0) is 38.1 Å². The van der Waals surface area contributed by atoms with E-state index in [1.165, 1.54) is 133 Å². The molecule has 12 heteroatoms. The van der Waals surface area contributed by atoms with E-state index >= 15 is 0 Å². The zero-order valence-electron chi connectivity index (χ0n) is 45.4. The fraction of sp³-hybridized carbons (Fsp3) is 0.814. The molecule has 1 saturated heterocycles. The summed E-state index contributed by atoms with van der Waals surface area (Å²) in [4.78, 5) is 39.6. The van der Waals surface area contributed by atoms with Crippen LogP contribution in [0.4, 0.5) is 0 Å². The fourth-order valence-corrected chi connectivity index (χ4v) is 9.50. The van der Waals surface area contributed by atoms with E-state index in [0.29, 0.717) is 70.2 Å². The van der Waals surface area contributed by atoms with Crippen molar-refractivity contribution in [1.82, 2.24) is 4.90 Å². The quantitative estimate of drug-likeness (QED) is 0.0205. The van der Waals surface area contributed by atoms with E-state index in [4.69, 9.17) is 23.7 Å². The Bertz CT molecular complexity index is 1320. The van der Waals surface area contributed by atoms with Crippen LogP contribution >= 0.6 is 23.5 Å². The first-order valence-corrected chi connectivity index (χ1v) is 31.1. The molecule has 1 heterocycles. The number of allylic oxidation sites excluding steroid dienone is 8. The Labute approximate surface area is 443 Å². The molecule has 0 aromatic heterocycles. The summed E-state index contributed by atoms with van der Waals surface area (Å²) < 4.78 is 28.2. The van der Waals surface area contributed by atoms with Gasteiger partial charge < -0.3 is 33.7 Å². The number of carbonyl (C=O) groups excluding carboxylic acids is 3. The molecular weight excluding hydrogens is 931 g/mol. The third-order valence-corrected chi connectivity index (χ3v) is 14.3.